The van der Waals surface area contributed by atoms with Gasteiger partial charge in [-0.15, -0.1) is 0 Å². The van der Waals surface area contributed by atoms with Crippen LogP contribution in [0.4, 0.5) is 0 Å². The van der Waals surface area contributed by atoms with E-state index in [4.69, 9.17) is 4.99 Å². The van der Waals surface area contributed by atoms with Crippen LogP contribution in [-0.2, 0) is 0 Å². The van der Waals surface area contributed by atoms with Crippen LogP contribution in [0.15, 0.2) is 108 Å². The second-order valence-electron chi connectivity index (χ2n) is 8.18. The lowest BCUT2D eigenvalue weighted by Crippen LogP contribution is -2.23. The van der Waals surface area contributed by atoms with Gasteiger partial charge in [-0.2, -0.15) is 0 Å². The summed E-state index contributed by atoms with van der Waals surface area (Å²) in [6, 6.07) is 37.1. The second-order valence-corrected chi connectivity index (χ2v) is 8.18. The minimum atomic E-state index is 0.0409. The summed E-state index contributed by atoms with van der Waals surface area (Å²) in [5.41, 5.74) is 9.98. The number of rotatable bonds is 3. The van der Waals surface area contributed by atoms with Gasteiger partial charge in [-0.3, -0.25) is 4.99 Å². The van der Waals surface area contributed by atoms with Crippen LogP contribution in [0.5, 0.6) is 0 Å². The largest absolute Gasteiger partial charge is 0.275 e. The molecule has 0 N–H and O–H groups in total. The lowest BCUT2D eigenvalue weighted by Gasteiger charge is -2.33. The quantitative estimate of drug-likeness (QED) is 0.358. The first kappa shape index (κ1) is 18.6. The van der Waals surface area contributed by atoms with E-state index in [9.17, 15) is 0 Å². The van der Waals surface area contributed by atoms with Crippen molar-refractivity contribution >= 4 is 5.71 Å². The highest BCUT2D eigenvalue weighted by Crippen LogP contribution is 2.45. The third-order valence-electron chi connectivity index (χ3n) is 6.01. The Morgan fingerprint density at radius 1 is 0.600 bits per heavy atom. The summed E-state index contributed by atoms with van der Waals surface area (Å²) in [5.74, 6) is 0.192. The molecule has 30 heavy (non-hydrogen) atoms. The Morgan fingerprint density at radius 2 is 1.20 bits per heavy atom. The lowest BCUT2D eigenvalue weighted by molar-refractivity contribution is 0.621. The molecular weight excluding hydrogens is 362 g/mol. The monoisotopic (exact) mass is 387 g/mol. The SMILES string of the molecule is Cc1ccc(C2=N[C@H](c3ccccc3)[C@H](c3ccccc3)c3cc(C)ccc32)cc1. The van der Waals surface area contributed by atoms with E-state index in [0.717, 1.165) is 5.71 Å². The number of aryl methyl sites for hydroxylation is 2. The molecule has 1 heterocycles. The zero-order valence-electron chi connectivity index (χ0n) is 17.4. The third-order valence-corrected chi connectivity index (χ3v) is 6.01. The van der Waals surface area contributed by atoms with Crippen LogP contribution < -0.4 is 0 Å². The van der Waals surface area contributed by atoms with Crippen molar-refractivity contribution in [1.82, 2.24) is 0 Å². The minimum absolute atomic E-state index is 0.0409. The molecule has 0 amide bonds. The molecule has 0 fully saturated rings. The van der Waals surface area contributed by atoms with Crippen molar-refractivity contribution in [1.29, 1.82) is 0 Å². The van der Waals surface area contributed by atoms with Crippen LogP contribution in [0.1, 0.15) is 50.9 Å². The molecular formula is C29H25N. The molecule has 4 aromatic rings. The average Bonchev–Trinajstić information content (AvgIpc) is 2.79. The molecule has 146 valence electrons. The maximum Gasteiger partial charge on any atom is 0.0865 e. The Kier molecular flexibility index (Phi) is 4.80. The molecule has 0 bridgehead atoms. The molecule has 0 radical (unpaired) electrons. The highest BCUT2D eigenvalue weighted by molar-refractivity contribution is 6.14. The van der Waals surface area contributed by atoms with E-state index in [-0.39, 0.29) is 12.0 Å². The van der Waals surface area contributed by atoms with Gasteiger partial charge in [0.1, 0.15) is 0 Å². The van der Waals surface area contributed by atoms with Crippen LogP contribution in [-0.4, -0.2) is 5.71 Å². The number of hydrogen-bond donors (Lipinski definition) is 0. The molecule has 5 rings (SSSR count). The van der Waals surface area contributed by atoms with E-state index < -0.39 is 0 Å². The van der Waals surface area contributed by atoms with Gasteiger partial charge in [0.15, 0.2) is 0 Å². The van der Waals surface area contributed by atoms with Gasteiger partial charge in [-0.05, 0) is 30.5 Å². The molecule has 0 saturated heterocycles. The number of hydrogen-bond acceptors (Lipinski definition) is 1. The van der Waals surface area contributed by atoms with Gasteiger partial charge in [-0.1, -0.05) is 114 Å². The van der Waals surface area contributed by atoms with Crippen molar-refractivity contribution in [2.24, 2.45) is 4.99 Å². The summed E-state index contributed by atoms with van der Waals surface area (Å²) in [4.78, 5) is 5.40. The number of nitrogens with zero attached hydrogens (tertiary/aromatic N) is 1. The summed E-state index contributed by atoms with van der Waals surface area (Å²) < 4.78 is 0. The van der Waals surface area contributed by atoms with Crippen molar-refractivity contribution in [3.05, 3.63) is 142 Å². The Bertz CT molecular complexity index is 1190. The molecule has 0 unspecified atom stereocenters. The maximum absolute atomic E-state index is 5.40. The molecule has 1 aliphatic heterocycles. The average molecular weight is 388 g/mol. The fourth-order valence-electron chi connectivity index (χ4n) is 4.49. The van der Waals surface area contributed by atoms with Crippen LogP contribution in [0, 0.1) is 13.8 Å². The molecule has 1 nitrogen and oxygen atoms in total. The molecule has 0 spiro atoms. The molecule has 2 atom stereocenters. The number of benzene rings is 4. The summed E-state index contributed by atoms with van der Waals surface area (Å²) in [6.07, 6.45) is 0. The zero-order valence-corrected chi connectivity index (χ0v) is 17.4. The molecule has 0 saturated carbocycles. The Hall–Kier alpha value is -3.45. The zero-order chi connectivity index (χ0) is 20.5. The normalized spacial score (nSPS) is 17.9. The fourth-order valence-corrected chi connectivity index (χ4v) is 4.49. The molecule has 1 heteroatoms. The first-order chi connectivity index (χ1) is 14.7. The van der Waals surface area contributed by atoms with E-state index in [1.165, 1.54) is 38.9 Å². The summed E-state index contributed by atoms with van der Waals surface area (Å²) in [7, 11) is 0. The smallest absolute Gasteiger partial charge is 0.0865 e. The van der Waals surface area contributed by atoms with Gasteiger partial charge in [0.2, 0.25) is 0 Å². The van der Waals surface area contributed by atoms with Crippen molar-refractivity contribution in [2.45, 2.75) is 25.8 Å². The topological polar surface area (TPSA) is 12.4 Å². The summed E-state index contributed by atoms with van der Waals surface area (Å²) in [5, 5.41) is 0. The molecule has 4 aromatic carbocycles. The summed E-state index contributed by atoms with van der Waals surface area (Å²) in [6.45, 7) is 4.30. The number of aliphatic imine (C=N–C) groups is 1. The third kappa shape index (κ3) is 3.37. The van der Waals surface area contributed by atoms with Crippen molar-refractivity contribution in [3.8, 4) is 0 Å². The number of fused-ring (bicyclic) bond motifs is 1. The van der Waals surface area contributed by atoms with Crippen molar-refractivity contribution in [2.75, 3.05) is 0 Å². The van der Waals surface area contributed by atoms with E-state index in [0.29, 0.717) is 0 Å². The van der Waals surface area contributed by atoms with Crippen LogP contribution >= 0.6 is 0 Å². The minimum Gasteiger partial charge on any atom is -0.275 e. The van der Waals surface area contributed by atoms with E-state index >= 15 is 0 Å². The molecule has 1 aliphatic rings. The Labute approximate surface area is 178 Å². The molecule has 0 aliphatic carbocycles. The van der Waals surface area contributed by atoms with Gasteiger partial charge < -0.3 is 0 Å². The predicted octanol–water partition coefficient (Wildman–Crippen LogP) is 7.03. The van der Waals surface area contributed by atoms with Gasteiger partial charge in [-0.25, -0.2) is 0 Å². The molecule has 0 aromatic heterocycles. The van der Waals surface area contributed by atoms with Gasteiger partial charge in [0, 0.05) is 17.0 Å². The van der Waals surface area contributed by atoms with Gasteiger partial charge in [0.05, 0.1) is 11.8 Å². The second kappa shape index (κ2) is 7.76. The fraction of sp³-hybridized carbons (Fsp3) is 0.138. The Morgan fingerprint density at radius 3 is 1.87 bits per heavy atom. The van der Waals surface area contributed by atoms with Crippen LogP contribution in [0.2, 0.25) is 0 Å². The highest BCUT2D eigenvalue weighted by atomic mass is 14.8. The maximum atomic E-state index is 5.40. The van der Waals surface area contributed by atoms with Crippen molar-refractivity contribution in [3.63, 3.8) is 0 Å². The van der Waals surface area contributed by atoms with Gasteiger partial charge in [0.25, 0.3) is 0 Å². The van der Waals surface area contributed by atoms with Crippen LogP contribution in [0.3, 0.4) is 0 Å². The van der Waals surface area contributed by atoms with Gasteiger partial charge >= 0.3 is 0 Å². The van der Waals surface area contributed by atoms with E-state index in [2.05, 4.69) is 117 Å². The summed E-state index contributed by atoms with van der Waals surface area (Å²) >= 11 is 0. The standard InChI is InChI=1S/C29H25N/c1-20-13-16-24(17-14-20)28-25-18-15-21(2)19-26(25)27(22-9-5-3-6-10-22)29(30-28)23-11-7-4-8-12-23/h3-19,27,29H,1-2H3/t27-,29-/m1/s1. The highest BCUT2D eigenvalue weighted by Gasteiger charge is 2.33. The first-order valence-corrected chi connectivity index (χ1v) is 10.6. The predicted molar refractivity (Wildman–Crippen MR) is 125 cm³/mol. The van der Waals surface area contributed by atoms with E-state index in [1.807, 2.05) is 0 Å². The Balaban J connectivity index is 1.77. The van der Waals surface area contributed by atoms with E-state index in [1.54, 1.807) is 0 Å². The van der Waals surface area contributed by atoms with Crippen molar-refractivity contribution < 1.29 is 0 Å². The lowest BCUT2D eigenvalue weighted by atomic mass is 9.76. The first-order valence-electron chi connectivity index (χ1n) is 10.6. The van der Waals surface area contributed by atoms with Crippen LogP contribution in [0.25, 0.3) is 0 Å².